The van der Waals surface area contributed by atoms with Crippen LogP contribution in [0.2, 0.25) is 0 Å². The van der Waals surface area contributed by atoms with E-state index in [-0.39, 0.29) is 17.0 Å². The number of nitrogens with one attached hydrogen (secondary N) is 1. The van der Waals surface area contributed by atoms with Crippen LogP contribution in [-0.4, -0.2) is 23.6 Å². The molecule has 1 N–H and O–H groups in total. The van der Waals surface area contributed by atoms with Crippen molar-refractivity contribution in [2.24, 2.45) is 0 Å². The van der Waals surface area contributed by atoms with E-state index >= 15 is 0 Å². The molecule has 0 amide bonds. The van der Waals surface area contributed by atoms with E-state index in [0.29, 0.717) is 17.9 Å². The summed E-state index contributed by atoms with van der Waals surface area (Å²) in [5.41, 5.74) is 0.244. The maximum Gasteiger partial charge on any atom is 0.187 e. The Kier molecular flexibility index (Phi) is 4.67. The van der Waals surface area contributed by atoms with Crippen LogP contribution < -0.4 is 10.1 Å². The van der Waals surface area contributed by atoms with Crippen LogP contribution in [0.3, 0.4) is 0 Å². The summed E-state index contributed by atoms with van der Waals surface area (Å²) >= 11 is 0. The number of anilines is 1. The fourth-order valence-corrected chi connectivity index (χ4v) is 1.99. The molecular weight excluding hydrogens is 276 g/mol. The van der Waals surface area contributed by atoms with Gasteiger partial charge in [-0.25, -0.2) is 18.7 Å². The Morgan fingerprint density at radius 1 is 1.24 bits per heavy atom. The number of ether oxygens (including phenoxy) is 1. The number of aryl methyl sites for hydroxylation is 1. The van der Waals surface area contributed by atoms with E-state index < -0.39 is 11.6 Å². The maximum absolute atomic E-state index is 14.3. The molecule has 0 bridgehead atoms. The lowest BCUT2D eigenvalue weighted by molar-refractivity contribution is 0.413. The van der Waals surface area contributed by atoms with Crippen molar-refractivity contribution in [3.63, 3.8) is 0 Å². The van der Waals surface area contributed by atoms with Crippen LogP contribution in [-0.2, 0) is 0 Å². The Morgan fingerprint density at radius 3 is 2.67 bits per heavy atom. The fourth-order valence-electron chi connectivity index (χ4n) is 1.99. The molecule has 0 unspecified atom stereocenters. The maximum atomic E-state index is 14.3. The molecule has 1 aromatic heterocycles. The van der Waals surface area contributed by atoms with Crippen LogP contribution in [0, 0.1) is 18.6 Å². The van der Waals surface area contributed by atoms with E-state index in [2.05, 4.69) is 15.3 Å². The van der Waals surface area contributed by atoms with Crippen molar-refractivity contribution in [1.82, 2.24) is 9.97 Å². The number of aromatic nitrogens is 2. The highest BCUT2D eigenvalue weighted by Gasteiger charge is 2.21. The Morgan fingerprint density at radius 2 is 2.00 bits per heavy atom. The van der Waals surface area contributed by atoms with Crippen molar-refractivity contribution >= 4 is 5.82 Å². The van der Waals surface area contributed by atoms with Gasteiger partial charge in [0, 0.05) is 6.54 Å². The number of methoxy groups -OCH3 is 1. The van der Waals surface area contributed by atoms with Crippen molar-refractivity contribution in [3.8, 4) is 17.0 Å². The molecule has 21 heavy (non-hydrogen) atoms. The first-order chi connectivity index (χ1) is 10.1. The van der Waals surface area contributed by atoms with Crippen molar-refractivity contribution in [1.29, 1.82) is 0 Å². The molecule has 0 fully saturated rings. The SMILES string of the molecule is CCCNc1ncnc(-c2c(F)ccc(C)c2F)c1OC. The van der Waals surface area contributed by atoms with Crippen LogP contribution in [0.25, 0.3) is 11.3 Å². The largest absolute Gasteiger partial charge is 0.491 e. The second-order valence-corrected chi connectivity index (χ2v) is 4.58. The van der Waals surface area contributed by atoms with Gasteiger partial charge in [-0.05, 0) is 25.0 Å². The molecule has 1 heterocycles. The van der Waals surface area contributed by atoms with Crippen LogP contribution >= 0.6 is 0 Å². The van der Waals surface area contributed by atoms with Gasteiger partial charge in [-0.2, -0.15) is 0 Å². The molecule has 0 aliphatic carbocycles. The van der Waals surface area contributed by atoms with E-state index in [1.165, 1.54) is 25.6 Å². The topological polar surface area (TPSA) is 47.0 Å². The molecule has 0 aliphatic heterocycles. The Balaban J connectivity index is 2.62. The standard InChI is InChI=1S/C15H17F2N3O/c1-4-7-18-15-14(21-3)13(19-8-20-15)11-10(16)6-5-9(2)12(11)17/h5-6,8H,4,7H2,1-3H3,(H,18,19,20). The van der Waals surface area contributed by atoms with Gasteiger partial charge >= 0.3 is 0 Å². The van der Waals surface area contributed by atoms with Gasteiger partial charge in [-0.3, -0.25) is 0 Å². The highest BCUT2D eigenvalue weighted by atomic mass is 19.1. The van der Waals surface area contributed by atoms with Crippen molar-refractivity contribution in [3.05, 3.63) is 35.7 Å². The lowest BCUT2D eigenvalue weighted by Crippen LogP contribution is -2.07. The van der Waals surface area contributed by atoms with Gasteiger partial charge in [0.2, 0.25) is 0 Å². The molecular formula is C15H17F2N3O. The summed E-state index contributed by atoms with van der Waals surface area (Å²) in [7, 11) is 1.42. The number of benzene rings is 1. The average Bonchev–Trinajstić information content (AvgIpc) is 2.49. The highest BCUT2D eigenvalue weighted by molar-refractivity contribution is 5.73. The molecule has 0 spiro atoms. The number of rotatable bonds is 5. The number of hydrogen-bond acceptors (Lipinski definition) is 4. The highest BCUT2D eigenvalue weighted by Crippen LogP contribution is 2.36. The molecule has 0 saturated carbocycles. The Labute approximate surface area is 122 Å². The molecule has 0 saturated heterocycles. The van der Waals surface area contributed by atoms with Crippen LogP contribution in [0.1, 0.15) is 18.9 Å². The van der Waals surface area contributed by atoms with E-state index in [1.807, 2.05) is 6.92 Å². The Bertz CT molecular complexity index is 647. The van der Waals surface area contributed by atoms with Gasteiger partial charge in [-0.1, -0.05) is 13.0 Å². The number of halogens is 2. The predicted molar refractivity (Wildman–Crippen MR) is 77.5 cm³/mol. The van der Waals surface area contributed by atoms with Crippen molar-refractivity contribution in [2.75, 3.05) is 19.0 Å². The van der Waals surface area contributed by atoms with E-state index in [9.17, 15) is 8.78 Å². The molecule has 112 valence electrons. The molecule has 2 rings (SSSR count). The average molecular weight is 293 g/mol. The molecule has 0 radical (unpaired) electrons. The normalized spacial score (nSPS) is 10.5. The minimum atomic E-state index is -0.684. The first-order valence-electron chi connectivity index (χ1n) is 6.68. The lowest BCUT2D eigenvalue weighted by atomic mass is 10.1. The number of nitrogens with zero attached hydrogens (tertiary/aromatic N) is 2. The summed E-state index contributed by atoms with van der Waals surface area (Å²) < 4.78 is 33.6. The fraction of sp³-hybridized carbons (Fsp3) is 0.333. The third-order valence-corrected chi connectivity index (χ3v) is 3.07. The minimum absolute atomic E-state index is 0.102. The summed E-state index contributed by atoms with van der Waals surface area (Å²) in [6, 6.07) is 2.60. The van der Waals surface area contributed by atoms with Gasteiger partial charge in [0.15, 0.2) is 11.6 Å². The summed E-state index contributed by atoms with van der Waals surface area (Å²) in [6.45, 7) is 4.25. The minimum Gasteiger partial charge on any atom is -0.491 e. The first kappa shape index (κ1) is 15.2. The summed E-state index contributed by atoms with van der Waals surface area (Å²) in [5, 5.41) is 3.06. The van der Waals surface area contributed by atoms with Crippen LogP contribution in [0.4, 0.5) is 14.6 Å². The quantitative estimate of drug-likeness (QED) is 0.915. The zero-order valence-corrected chi connectivity index (χ0v) is 12.2. The summed E-state index contributed by atoms with van der Waals surface area (Å²) in [5.74, 6) is -0.677. The zero-order valence-electron chi connectivity index (χ0n) is 12.2. The molecule has 4 nitrogen and oxygen atoms in total. The zero-order chi connectivity index (χ0) is 15.4. The third-order valence-electron chi connectivity index (χ3n) is 3.07. The lowest BCUT2D eigenvalue weighted by Gasteiger charge is -2.14. The number of hydrogen-bond donors (Lipinski definition) is 1. The second kappa shape index (κ2) is 6.47. The first-order valence-corrected chi connectivity index (χ1v) is 6.68. The van der Waals surface area contributed by atoms with Gasteiger partial charge < -0.3 is 10.1 Å². The van der Waals surface area contributed by atoms with Gasteiger partial charge in [0.25, 0.3) is 0 Å². The predicted octanol–water partition coefficient (Wildman–Crippen LogP) is 3.56. The Hall–Kier alpha value is -2.24. The van der Waals surface area contributed by atoms with E-state index in [1.54, 1.807) is 6.92 Å². The molecule has 0 aliphatic rings. The van der Waals surface area contributed by atoms with E-state index in [0.717, 1.165) is 6.42 Å². The van der Waals surface area contributed by atoms with E-state index in [4.69, 9.17) is 4.74 Å². The smallest absolute Gasteiger partial charge is 0.187 e. The van der Waals surface area contributed by atoms with Crippen molar-refractivity contribution in [2.45, 2.75) is 20.3 Å². The molecule has 0 atom stereocenters. The molecule has 6 heteroatoms. The molecule has 1 aromatic carbocycles. The monoisotopic (exact) mass is 293 g/mol. The third kappa shape index (κ3) is 2.94. The summed E-state index contributed by atoms with van der Waals surface area (Å²) in [4.78, 5) is 8.06. The van der Waals surface area contributed by atoms with Crippen molar-refractivity contribution < 1.29 is 13.5 Å². The summed E-state index contributed by atoms with van der Waals surface area (Å²) in [6.07, 6.45) is 2.15. The van der Waals surface area contributed by atoms with Crippen LogP contribution in [0.15, 0.2) is 18.5 Å². The van der Waals surface area contributed by atoms with Crippen LogP contribution in [0.5, 0.6) is 5.75 Å². The second-order valence-electron chi connectivity index (χ2n) is 4.58. The van der Waals surface area contributed by atoms with Gasteiger partial charge in [0.1, 0.15) is 23.7 Å². The van der Waals surface area contributed by atoms with Gasteiger partial charge in [-0.15, -0.1) is 0 Å². The van der Waals surface area contributed by atoms with Gasteiger partial charge in [0.05, 0.1) is 12.7 Å². The molecule has 2 aromatic rings.